The van der Waals surface area contributed by atoms with Gasteiger partial charge in [-0.15, -0.1) is 0 Å². The molecule has 0 unspecified atom stereocenters. The van der Waals surface area contributed by atoms with Crippen LogP contribution in [0.15, 0.2) is 73.1 Å². The third kappa shape index (κ3) is 4.69. The summed E-state index contributed by atoms with van der Waals surface area (Å²) in [6, 6.07) is 17.2. The molecule has 0 bridgehead atoms. The molecule has 1 atom stereocenters. The van der Waals surface area contributed by atoms with Crippen LogP contribution < -0.4 is 0 Å². The number of carbonyl (C=O) groups excluding carboxylic acids is 2. The smallest absolute Gasteiger partial charge is 0.245 e. The summed E-state index contributed by atoms with van der Waals surface area (Å²) in [6.45, 7) is 3.60. The number of hydrogen-bond donors (Lipinski definition) is 0. The molecule has 1 aliphatic rings. The molecule has 1 aromatic heterocycles. The average Bonchev–Trinajstić information content (AvgIpc) is 2.82. The van der Waals surface area contributed by atoms with Crippen LogP contribution in [0, 0.1) is 5.82 Å². The van der Waals surface area contributed by atoms with Crippen LogP contribution in [0.1, 0.15) is 18.1 Å². The van der Waals surface area contributed by atoms with E-state index in [1.165, 1.54) is 12.1 Å². The second-order valence-corrected chi connectivity index (χ2v) is 7.93. The van der Waals surface area contributed by atoms with Crippen molar-refractivity contribution < 1.29 is 14.0 Å². The highest BCUT2D eigenvalue weighted by molar-refractivity contribution is 5.90. The van der Waals surface area contributed by atoms with Gasteiger partial charge in [0.15, 0.2) is 0 Å². The molecule has 0 aliphatic carbocycles. The number of rotatable bonds is 6. The van der Waals surface area contributed by atoms with Gasteiger partial charge in [0.1, 0.15) is 11.9 Å². The molecule has 32 heavy (non-hydrogen) atoms. The maximum absolute atomic E-state index is 13.4. The Morgan fingerprint density at radius 2 is 1.84 bits per heavy atom. The van der Waals surface area contributed by atoms with Gasteiger partial charge in [-0.1, -0.05) is 42.5 Å². The molecule has 6 heteroatoms. The number of carbonyl (C=O) groups is 2. The van der Waals surface area contributed by atoms with Crippen molar-refractivity contribution >= 4 is 11.8 Å². The van der Waals surface area contributed by atoms with Crippen molar-refractivity contribution in [2.75, 3.05) is 19.6 Å². The van der Waals surface area contributed by atoms with E-state index in [9.17, 15) is 14.0 Å². The Morgan fingerprint density at radius 1 is 1.06 bits per heavy atom. The van der Waals surface area contributed by atoms with E-state index in [2.05, 4.69) is 4.98 Å². The molecule has 3 aromatic rings. The van der Waals surface area contributed by atoms with Crippen molar-refractivity contribution in [1.29, 1.82) is 0 Å². The molecule has 0 N–H and O–H groups in total. The molecule has 164 valence electrons. The van der Waals surface area contributed by atoms with Crippen molar-refractivity contribution in [2.24, 2.45) is 0 Å². The van der Waals surface area contributed by atoms with Crippen LogP contribution in [0.25, 0.3) is 11.1 Å². The topological polar surface area (TPSA) is 53.5 Å². The first-order chi connectivity index (χ1) is 15.6. The Kier molecular flexibility index (Phi) is 6.59. The van der Waals surface area contributed by atoms with Crippen molar-refractivity contribution in [2.45, 2.75) is 25.8 Å². The minimum Gasteiger partial charge on any atom is -0.339 e. The lowest BCUT2D eigenvalue weighted by molar-refractivity contribution is -0.150. The second kappa shape index (κ2) is 9.73. The number of nitrogens with zero attached hydrogens (tertiary/aromatic N) is 3. The molecule has 1 fully saturated rings. The van der Waals surface area contributed by atoms with E-state index in [0.29, 0.717) is 26.1 Å². The first kappa shape index (κ1) is 21.7. The van der Waals surface area contributed by atoms with Crippen LogP contribution in [0.4, 0.5) is 4.39 Å². The molecule has 5 nitrogen and oxygen atoms in total. The Hall–Kier alpha value is -3.54. The summed E-state index contributed by atoms with van der Waals surface area (Å²) >= 11 is 0. The largest absolute Gasteiger partial charge is 0.339 e. The Balaban J connectivity index is 1.63. The van der Waals surface area contributed by atoms with Gasteiger partial charge in [-0.05, 0) is 47.4 Å². The van der Waals surface area contributed by atoms with E-state index in [-0.39, 0.29) is 24.1 Å². The number of pyridine rings is 1. The fraction of sp³-hybridized carbons (Fsp3) is 0.269. The highest BCUT2D eigenvalue weighted by atomic mass is 19.1. The van der Waals surface area contributed by atoms with Crippen molar-refractivity contribution in [3.8, 4) is 11.1 Å². The SMILES string of the molecule is CCN1CCN(C(=O)Cc2cccnc2)[C@H](Cc2ccccc2-c2ccc(F)cc2)C1=O. The number of piperazine rings is 1. The molecule has 2 heterocycles. The summed E-state index contributed by atoms with van der Waals surface area (Å²) in [4.78, 5) is 34.1. The molecule has 1 saturated heterocycles. The van der Waals surface area contributed by atoms with Gasteiger partial charge in [0.05, 0.1) is 6.42 Å². The Bertz CT molecular complexity index is 1090. The van der Waals surface area contributed by atoms with Crippen LogP contribution in [-0.2, 0) is 22.4 Å². The van der Waals surface area contributed by atoms with Gasteiger partial charge in [-0.2, -0.15) is 0 Å². The summed E-state index contributed by atoms with van der Waals surface area (Å²) in [6.07, 6.45) is 3.97. The summed E-state index contributed by atoms with van der Waals surface area (Å²) in [7, 11) is 0. The van der Waals surface area contributed by atoms with E-state index in [4.69, 9.17) is 0 Å². The highest BCUT2D eigenvalue weighted by Gasteiger charge is 2.37. The second-order valence-electron chi connectivity index (χ2n) is 7.93. The molecule has 0 spiro atoms. The molecule has 0 saturated carbocycles. The third-order valence-corrected chi connectivity index (χ3v) is 5.95. The number of amides is 2. The highest BCUT2D eigenvalue weighted by Crippen LogP contribution is 2.27. The number of halogens is 1. The Morgan fingerprint density at radius 3 is 2.56 bits per heavy atom. The van der Waals surface area contributed by atoms with Crippen molar-refractivity contribution in [1.82, 2.24) is 14.8 Å². The number of hydrogen-bond acceptors (Lipinski definition) is 3. The zero-order valence-corrected chi connectivity index (χ0v) is 18.1. The molecule has 2 amide bonds. The van der Waals surface area contributed by atoms with Gasteiger partial charge in [-0.25, -0.2) is 4.39 Å². The van der Waals surface area contributed by atoms with Crippen LogP contribution in [0.3, 0.4) is 0 Å². The first-order valence-electron chi connectivity index (χ1n) is 10.9. The van der Waals surface area contributed by atoms with Gasteiger partial charge in [0.2, 0.25) is 11.8 Å². The average molecular weight is 432 g/mol. The van der Waals surface area contributed by atoms with Crippen LogP contribution in [0.5, 0.6) is 0 Å². The van der Waals surface area contributed by atoms with E-state index >= 15 is 0 Å². The molecule has 1 aliphatic heterocycles. The van der Waals surface area contributed by atoms with Crippen LogP contribution >= 0.6 is 0 Å². The fourth-order valence-corrected chi connectivity index (χ4v) is 4.25. The van der Waals surface area contributed by atoms with Gasteiger partial charge in [0, 0.05) is 38.4 Å². The monoisotopic (exact) mass is 431 g/mol. The van der Waals surface area contributed by atoms with Gasteiger partial charge in [0.25, 0.3) is 0 Å². The molecule has 4 rings (SSSR count). The van der Waals surface area contributed by atoms with E-state index in [0.717, 1.165) is 22.3 Å². The Labute approximate surface area is 187 Å². The van der Waals surface area contributed by atoms with E-state index in [1.807, 2.05) is 37.3 Å². The van der Waals surface area contributed by atoms with Gasteiger partial charge in [-0.3, -0.25) is 14.6 Å². The quantitative estimate of drug-likeness (QED) is 0.598. The predicted octanol–water partition coefficient (Wildman–Crippen LogP) is 3.73. The summed E-state index contributed by atoms with van der Waals surface area (Å²) in [5.74, 6) is -0.405. The summed E-state index contributed by atoms with van der Waals surface area (Å²) in [5.41, 5.74) is 3.60. The maximum Gasteiger partial charge on any atom is 0.245 e. The van der Waals surface area contributed by atoms with Gasteiger partial charge < -0.3 is 9.80 Å². The lowest BCUT2D eigenvalue weighted by Crippen LogP contribution is -2.59. The third-order valence-electron chi connectivity index (χ3n) is 5.95. The summed E-state index contributed by atoms with van der Waals surface area (Å²) in [5, 5.41) is 0. The molecular weight excluding hydrogens is 405 g/mol. The van der Waals surface area contributed by atoms with Crippen molar-refractivity contribution in [3.63, 3.8) is 0 Å². The van der Waals surface area contributed by atoms with E-state index in [1.54, 1.807) is 40.4 Å². The first-order valence-corrected chi connectivity index (χ1v) is 10.9. The fourth-order valence-electron chi connectivity index (χ4n) is 4.25. The molecule has 0 radical (unpaired) electrons. The van der Waals surface area contributed by atoms with Crippen LogP contribution in [0.2, 0.25) is 0 Å². The van der Waals surface area contributed by atoms with Crippen molar-refractivity contribution in [3.05, 3.63) is 90.0 Å². The summed E-state index contributed by atoms with van der Waals surface area (Å²) < 4.78 is 13.4. The van der Waals surface area contributed by atoms with Crippen LogP contribution in [-0.4, -0.2) is 52.3 Å². The number of likely N-dealkylation sites (N-methyl/N-ethyl adjacent to an activating group) is 1. The standard InChI is InChI=1S/C26H26FN3O2/c1-2-29-14-15-30(25(31)16-19-6-5-13-28-18-19)24(26(29)32)17-21-7-3-4-8-23(21)20-9-11-22(27)12-10-20/h3-13,18,24H,2,14-17H2,1H3/t24-/m1/s1. The zero-order valence-electron chi connectivity index (χ0n) is 18.1. The minimum absolute atomic E-state index is 0.0350. The number of benzene rings is 2. The molecular formula is C26H26FN3O2. The zero-order chi connectivity index (χ0) is 22.5. The minimum atomic E-state index is -0.575. The van der Waals surface area contributed by atoms with E-state index < -0.39 is 6.04 Å². The number of aromatic nitrogens is 1. The molecule has 2 aromatic carbocycles. The lowest BCUT2D eigenvalue weighted by Gasteiger charge is -2.40. The maximum atomic E-state index is 13.4. The normalized spacial score (nSPS) is 16.3. The van der Waals surface area contributed by atoms with Gasteiger partial charge >= 0.3 is 0 Å². The predicted molar refractivity (Wildman–Crippen MR) is 121 cm³/mol. The lowest BCUT2D eigenvalue weighted by atomic mass is 9.93.